The molecule has 1 amide bonds. The molecular formula is C18H19N5O4. The number of amides is 1. The highest BCUT2D eigenvalue weighted by Gasteiger charge is 2.33. The number of ether oxygens (including phenoxy) is 1. The summed E-state index contributed by atoms with van der Waals surface area (Å²) in [5.41, 5.74) is 7.00. The summed E-state index contributed by atoms with van der Waals surface area (Å²) in [7, 11) is 0. The van der Waals surface area contributed by atoms with Gasteiger partial charge in [-0.2, -0.15) is 0 Å². The van der Waals surface area contributed by atoms with Gasteiger partial charge < -0.3 is 20.9 Å². The highest BCUT2D eigenvalue weighted by atomic mass is 16.5. The predicted octanol–water partition coefficient (Wildman–Crippen LogP) is 0.786. The highest BCUT2D eigenvalue weighted by Crippen LogP contribution is 2.23. The number of benzene rings is 1. The maximum Gasteiger partial charge on any atom is 0.304 e. The van der Waals surface area contributed by atoms with Crippen molar-refractivity contribution in [2.45, 2.75) is 18.9 Å². The molecule has 1 saturated heterocycles. The number of carbonyl (C=O) groups is 2. The minimum atomic E-state index is -0.979. The SMILES string of the molecule is N=C(N)c1ncc(-c2ccc(OC[C@@H]3C[C@@H](CC(=O)O)C(=O)N3)cc2)cn1. The van der Waals surface area contributed by atoms with E-state index in [1.54, 1.807) is 24.5 Å². The molecule has 0 unspecified atom stereocenters. The zero-order chi connectivity index (χ0) is 19.4. The lowest BCUT2D eigenvalue weighted by Gasteiger charge is -2.12. The summed E-state index contributed by atoms with van der Waals surface area (Å²) in [6.07, 6.45) is 3.47. The van der Waals surface area contributed by atoms with Crippen LogP contribution in [0.25, 0.3) is 11.1 Å². The van der Waals surface area contributed by atoms with E-state index in [9.17, 15) is 9.59 Å². The molecule has 2 atom stereocenters. The van der Waals surface area contributed by atoms with Crippen LogP contribution in [-0.2, 0) is 9.59 Å². The molecule has 0 bridgehead atoms. The van der Waals surface area contributed by atoms with Gasteiger partial charge in [0, 0.05) is 18.0 Å². The Morgan fingerprint density at radius 3 is 2.52 bits per heavy atom. The van der Waals surface area contributed by atoms with Gasteiger partial charge in [-0.15, -0.1) is 0 Å². The number of carbonyl (C=O) groups excluding carboxylic acids is 1. The van der Waals surface area contributed by atoms with Crippen LogP contribution in [0.15, 0.2) is 36.7 Å². The molecule has 1 aromatic carbocycles. The summed E-state index contributed by atoms with van der Waals surface area (Å²) in [4.78, 5) is 30.5. The standard InChI is InChI=1S/C18H19N5O4/c19-16(20)17-21-7-12(8-22-17)10-1-3-14(4-2-10)27-9-13-5-11(6-15(24)25)18(26)23-13/h1-4,7-8,11,13H,5-6,9H2,(H3,19,20)(H,23,26)(H,24,25)/t11-,13-/m0/s1. The van der Waals surface area contributed by atoms with Gasteiger partial charge in [-0.05, 0) is 24.1 Å². The topological polar surface area (TPSA) is 151 Å². The Kier molecular flexibility index (Phi) is 5.30. The van der Waals surface area contributed by atoms with Crippen LogP contribution in [0, 0.1) is 11.3 Å². The second kappa shape index (κ2) is 7.81. The Morgan fingerprint density at radius 1 is 1.26 bits per heavy atom. The maximum atomic E-state index is 11.7. The number of carboxylic acids is 1. The average molecular weight is 369 g/mol. The van der Waals surface area contributed by atoms with E-state index >= 15 is 0 Å². The molecule has 9 heteroatoms. The first kappa shape index (κ1) is 18.3. The van der Waals surface area contributed by atoms with E-state index in [1.165, 1.54) is 0 Å². The molecule has 1 aliphatic heterocycles. The molecule has 5 N–H and O–H groups in total. The third-order valence-corrected chi connectivity index (χ3v) is 4.24. The minimum Gasteiger partial charge on any atom is -0.491 e. The third kappa shape index (κ3) is 4.57. The van der Waals surface area contributed by atoms with Crippen molar-refractivity contribution >= 4 is 17.7 Å². The largest absolute Gasteiger partial charge is 0.491 e. The van der Waals surface area contributed by atoms with Crippen LogP contribution in [0.1, 0.15) is 18.7 Å². The van der Waals surface area contributed by atoms with Crippen LogP contribution in [0.3, 0.4) is 0 Å². The molecule has 3 rings (SSSR count). The minimum absolute atomic E-state index is 0.165. The number of nitrogens with one attached hydrogen (secondary N) is 2. The fourth-order valence-corrected chi connectivity index (χ4v) is 2.88. The van der Waals surface area contributed by atoms with Crippen LogP contribution < -0.4 is 15.8 Å². The zero-order valence-corrected chi connectivity index (χ0v) is 14.4. The number of amidine groups is 1. The first-order valence-corrected chi connectivity index (χ1v) is 8.34. The van der Waals surface area contributed by atoms with Crippen LogP contribution >= 0.6 is 0 Å². The third-order valence-electron chi connectivity index (χ3n) is 4.24. The molecule has 1 aromatic heterocycles. The molecular weight excluding hydrogens is 350 g/mol. The van der Waals surface area contributed by atoms with Crippen molar-refractivity contribution in [1.29, 1.82) is 5.41 Å². The van der Waals surface area contributed by atoms with E-state index in [0.717, 1.165) is 11.1 Å². The lowest BCUT2D eigenvalue weighted by Crippen LogP contribution is -2.31. The van der Waals surface area contributed by atoms with Gasteiger partial charge in [0.05, 0.1) is 18.4 Å². The Morgan fingerprint density at radius 2 is 1.93 bits per heavy atom. The van der Waals surface area contributed by atoms with E-state index in [1.807, 2.05) is 12.1 Å². The maximum absolute atomic E-state index is 11.7. The van der Waals surface area contributed by atoms with Gasteiger partial charge in [-0.25, -0.2) is 9.97 Å². The van der Waals surface area contributed by atoms with Gasteiger partial charge in [-0.1, -0.05) is 12.1 Å². The number of hydrogen-bond acceptors (Lipinski definition) is 6. The van der Waals surface area contributed by atoms with Crippen molar-refractivity contribution in [2.24, 2.45) is 11.7 Å². The summed E-state index contributed by atoms with van der Waals surface area (Å²) in [5, 5.41) is 18.9. The molecule has 140 valence electrons. The number of carboxylic acid groups (broad SMARTS) is 1. The second-order valence-corrected chi connectivity index (χ2v) is 6.28. The predicted molar refractivity (Wildman–Crippen MR) is 96.3 cm³/mol. The number of aliphatic carboxylic acids is 1. The Hall–Kier alpha value is -3.49. The van der Waals surface area contributed by atoms with Gasteiger partial charge >= 0.3 is 5.97 Å². The van der Waals surface area contributed by atoms with Crippen molar-refractivity contribution < 1.29 is 19.4 Å². The van der Waals surface area contributed by atoms with E-state index in [-0.39, 0.29) is 36.6 Å². The lowest BCUT2D eigenvalue weighted by atomic mass is 10.0. The summed E-state index contributed by atoms with van der Waals surface area (Å²) in [5.74, 6) is -1.09. The quantitative estimate of drug-likeness (QED) is 0.416. The number of hydrogen-bond donors (Lipinski definition) is 4. The number of nitrogens with two attached hydrogens (primary N) is 1. The van der Waals surface area contributed by atoms with E-state index < -0.39 is 11.9 Å². The first-order valence-electron chi connectivity index (χ1n) is 8.34. The molecule has 0 saturated carbocycles. The van der Waals surface area contributed by atoms with E-state index in [0.29, 0.717) is 12.2 Å². The summed E-state index contributed by atoms with van der Waals surface area (Å²) in [6, 6.07) is 7.08. The summed E-state index contributed by atoms with van der Waals surface area (Å²) >= 11 is 0. The first-order chi connectivity index (χ1) is 12.9. The van der Waals surface area contributed by atoms with Crippen molar-refractivity contribution in [3.05, 3.63) is 42.5 Å². The lowest BCUT2D eigenvalue weighted by molar-refractivity contribution is -0.140. The van der Waals surface area contributed by atoms with Gasteiger partial charge in [0.25, 0.3) is 0 Å². The molecule has 1 aliphatic rings. The van der Waals surface area contributed by atoms with Crippen LogP contribution in [0.2, 0.25) is 0 Å². The Labute approximate surface area is 155 Å². The monoisotopic (exact) mass is 369 g/mol. The fraction of sp³-hybridized carbons (Fsp3) is 0.278. The van der Waals surface area contributed by atoms with Crippen molar-refractivity contribution in [3.63, 3.8) is 0 Å². The van der Waals surface area contributed by atoms with Gasteiger partial charge in [-0.3, -0.25) is 15.0 Å². The number of aromatic nitrogens is 2. The average Bonchev–Trinajstić information content (AvgIpc) is 2.99. The molecule has 2 aromatic rings. The molecule has 0 aliphatic carbocycles. The molecule has 1 fully saturated rings. The number of rotatable bonds is 7. The zero-order valence-electron chi connectivity index (χ0n) is 14.4. The van der Waals surface area contributed by atoms with Gasteiger partial charge in [0.15, 0.2) is 11.7 Å². The van der Waals surface area contributed by atoms with Gasteiger partial charge in [0.1, 0.15) is 12.4 Å². The second-order valence-electron chi connectivity index (χ2n) is 6.28. The number of nitrogen functional groups attached to an aromatic ring is 1. The van der Waals surface area contributed by atoms with Crippen LogP contribution in [0.5, 0.6) is 5.75 Å². The van der Waals surface area contributed by atoms with Crippen LogP contribution in [-0.4, -0.2) is 45.4 Å². The fourth-order valence-electron chi connectivity index (χ4n) is 2.88. The van der Waals surface area contributed by atoms with Crippen molar-refractivity contribution in [3.8, 4) is 16.9 Å². The Balaban J connectivity index is 1.56. The van der Waals surface area contributed by atoms with Crippen LogP contribution in [0.4, 0.5) is 0 Å². The van der Waals surface area contributed by atoms with E-state index in [4.69, 9.17) is 21.0 Å². The van der Waals surface area contributed by atoms with Crippen molar-refractivity contribution in [2.75, 3.05) is 6.61 Å². The molecule has 27 heavy (non-hydrogen) atoms. The summed E-state index contributed by atoms with van der Waals surface area (Å²) < 4.78 is 5.69. The van der Waals surface area contributed by atoms with Crippen molar-refractivity contribution in [1.82, 2.24) is 15.3 Å². The highest BCUT2D eigenvalue weighted by molar-refractivity contribution is 5.91. The normalized spacial score (nSPS) is 18.7. The van der Waals surface area contributed by atoms with Gasteiger partial charge in [0.2, 0.25) is 5.91 Å². The summed E-state index contributed by atoms with van der Waals surface area (Å²) in [6.45, 7) is 0.275. The molecule has 0 radical (unpaired) electrons. The molecule has 2 heterocycles. The molecule has 9 nitrogen and oxygen atoms in total. The smallest absolute Gasteiger partial charge is 0.304 e. The number of nitrogens with zero attached hydrogens (tertiary/aromatic N) is 2. The Bertz CT molecular complexity index is 851. The molecule has 0 spiro atoms. The van der Waals surface area contributed by atoms with E-state index in [2.05, 4.69) is 15.3 Å².